The Labute approximate surface area is 67.7 Å². The van der Waals surface area contributed by atoms with Crippen LogP contribution < -0.4 is 0 Å². The van der Waals surface area contributed by atoms with Crippen molar-refractivity contribution in [2.24, 2.45) is 5.16 Å². The first-order chi connectivity index (χ1) is 5.25. The fraction of sp³-hybridized carbons (Fsp3) is 0.875. The van der Waals surface area contributed by atoms with Gasteiger partial charge in [-0.05, 0) is 33.4 Å². The molecule has 11 heavy (non-hydrogen) atoms. The van der Waals surface area contributed by atoms with Crippen LogP contribution in [0.3, 0.4) is 0 Å². The summed E-state index contributed by atoms with van der Waals surface area (Å²) in [5.41, 5.74) is 0.840. The largest absolute Gasteiger partial charge is 0.411 e. The van der Waals surface area contributed by atoms with Crippen LogP contribution in [0.2, 0.25) is 0 Å². The van der Waals surface area contributed by atoms with Crippen LogP contribution in [0.5, 0.6) is 0 Å². The molecule has 0 unspecified atom stereocenters. The predicted octanol–water partition coefficient (Wildman–Crippen LogP) is 1.32. The van der Waals surface area contributed by atoms with Crippen molar-refractivity contribution in [2.75, 3.05) is 13.6 Å². The molecule has 3 heteroatoms. The maximum absolute atomic E-state index is 8.57. The second-order valence-corrected chi connectivity index (χ2v) is 3.23. The summed E-state index contributed by atoms with van der Waals surface area (Å²) in [6.07, 6.45) is 3.65. The summed E-state index contributed by atoms with van der Waals surface area (Å²) in [6, 6.07) is 0.369. The van der Waals surface area contributed by atoms with Gasteiger partial charge in [0.05, 0.1) is 11.8 Å². The van der Waals surface area contributed by atoms with E-state index in [1.807, 2.05) is 6.92 Å². The Kier molecular flexibility index (Phi) is 2.88. The van der Waals surface area contributed by atoms with Crippen molar-refractivity contribution in [3.8, 4) is 0 Å². The third-order valence-corrected chi connectivity index (χ3v) is 2.41. The number of hydrogen-bond acceptors (Lipinski definition) is 3. The number of nitrogens with zero attached hydrogens (tertiary/aromatic N) is 2. The molecule has 1 saturated heterocycles. The lowest BCUT2D eigenvalue weighted by Crippen LogP contribution is -2.40. The van der Waals surface area contributed by atoms with Gasteiger partial charge in [0.1, 0.15) is 0 Å². The molecule has 1 aliphatic heterocycles. The summed E-state index contributed by atoms with van der Waals surface area (Å²) in [4.78, 5) is 2.25. The molecule has 0 aromatic heterocycles. The van der Waals surface area contributed by atoms with Crippen LogP contribution in [0.15, 0.2) is 5.16 Å². The monoisotopic (exact) mass is 156 g/mol. The van der Waals surface area contributed by atoms with Gasteiger partial charge in [-0.15, -0.1) is 0 Å². The molecule has 0 radical (unpaired) electrons. The first-order valence-electron chi connectivity index (χ1n) is 4.14. The summed E-state index contributed by atoms with van der Waals surface area (Å²) >= 11 is 0. The first-order valence-corrected chi connectivity index (χ1v) is 4.14. The normalized spacial score (nSPS) is 28.9. The average molecular weight is 156 g/mol. The zero-order valence-electron chi connectivity index (χ0n) is 7.25. The van der Waals surface area contributed by atoms with Gasteiger partial charge in [0.2, 0.25) is 0 Å². The van der Waals surface area contributed by atoms with E-state index in [1.54, 1.807) is 0 Å². The van der Waals surface area contributed by atoms with Crippen LogP contribution >= 0.6 is 0 Å². The number of likely N-dealkylation sites (tertiary alicyclic amines) is 1. The molecule has 1 heterocycles. The predicted molar refractivity (Wildman–Crippen MR) is 45.2 cm³/mol. The summed E-state index contributed by atoms with van der Waals surface area (Å²) in [5, 5.41) is 11.8. The molecule has 64 valence electrons. The standard InChI is InChI=1S/C8H16N2O/c1-7(9-11)8-5-3-4-6-10(8)2/h8,11H,3-6H2,1-2H3/b9-7+/t8-/m0/s1. The van der Waals surface area contributed by atoms with E-state index in [0.717, 1.165) is 18.7 Å². The highest BCUT2D eigenvalue weighted by Crippen LogP contribution is 2.15. The molecule has 1 aliphatic rings. The third-order valence-electron chi connectivity index (χ3n) is 2.41. The maximum atomic E-state index is 8.57. The minimum Gasteiger partial charge on any atom is -0.411 e. The third kappa shape index (κ3) is 1.93. The van der Waals surface area contributed by atoms with Crippen molar-refractivity contribution in [3.63, 3.8) is 0 Å². The van der Waals surface area contributed by atoms with E-state index in [1.165, 1.54) is 12.8 Å². The molecule has 0 saturated carbocycles. The summed E-state index contributed by atoms with van der Waals surface area (Å²) in [6.45, 7) is 3.00. The van der Waals surface area contributed by atoms with Gasteiger partial charge < -0.3 is 5.21 Å². The number of piperidine rings is 1. The fourth-order valence-corrected chi connectivity index (χ4v) is 1.67. The Balaban J connectivity index is 2.54. The molecular weight excluding hydrogens is 140 g/mol. The zero-order valence-corrected chi connectivity index (χ0v) is 7.25. The highest BCUT2D eigenvalue weighted by molar-refractivity contribution is 5.86. The van der Waals surface area contributed by atoms with Gasteiger partial charge in [0, 0.05) is 0 Å². The molecule has 1 N–H and O–H groups in total. The molecule has 0 spiro atoms. The van der Waals surface area contributed by atoms with Crippen molar-refractivity contribution in [1.82, 2.24) is 4.90 Å². The molecule has 1 fully saturated rings. The van der Waals surface area contributed by atoms with E-state index >= 15 is 0 Å². The van der Waals surface area contributed by atoms with E-state index in [2.05, 4.69) is 17.1 Å². The fourth-order valence-electron chi connectivity index (χ4n) is 1.67. The van der Waals surface area contributed by atoms with Crippen molar-refractivity contribution in [3.05, 3.63) is 0 Å². The minimum atomic E-state index is 0.369. The molecule has 1 atom stereocenters. The van der Waals surface area contributed by atoms with Crippen LogP contribution in [-0.4, -0.2) is 35.5 Å². The van der Waals surface area contributed by atoms with Crippen molar-refractivity contribution < 1.29 is 5.21 Å². The molecule has 0 aromatic carbocycles. The number of oxime groups is 1. The van der Waals surface area contributed by atoms with Gasteiger partial charge in [-0.25, -0.2) is 0 Å². The number of hydrogen-bond donors (Lipinski definition) is 1. The van der Waals surface area contributed by atoms with Crippen LogP contribution in [0.25, 0.3) is 0 Å². The second kappa shape index (κ2) is 3.72. The van der Waals surface area contributed by atoms with Gasteiger partial charge in [-0.1, -0.05) is 11.6 Å². The van der Waals surface area contributed by atoms with E-state index in [9.17, 15) is 0 Å². The lowest BCUT2D eigenvalue weighted by atomic mass is 10.00. The Morgan fingerprint density at radius 1 is 1.55 bits per heavy atom. The maximum Gasteiger partial charge on any atom is 0.0711 e. The SMILES string of the molecule is C/C(=N\O)[C@@H]1CCCCN1C. The Morgan fingerprint density at radius 3 is 2.82 bits per heavy atom. The summed E-state index contributed by atoms with van der Waals surface area (Å²) < 4.78 is 0. The number of rotatable bonds is 1. The molecule has 3 nitrogen and oxygen atoms in total. The Hall–Kier alpha value is -0.570. The van der Waals surface area contributed by atoms with Crippen LogP contribution in [0.4, 0.5) is 0 Å². The van der Waals surface area contributed by atoms with Crippen LogP contribution in [0, 0.1) is 0 Å². The highest BCUT2D eigenvalue weighted by atomic mass is 16.4. The van der Waals surface area contributed by atoms with Gasteiger partial charge >= 0.3 is 0 Å². The summed E-state index contributed by atoms with van der Waals surface area (Å²) in [5.74, 6) is 0. The molecule has 0 bridgehead atoms. The van der Waals surface area contributed by atoms with Crippen molar-refractivity contribution in [1.29, 1.82) is 0 Å². The van der Waals surface area contributed by atoms with Gasteiger partial charge in [-0.3, -0.25) is 4.90 Å². The highest BCUT2D eigenvalue weighted by Gasteiger charge is 2.21. The van der Waals surface area contributed by atoms with Crippen molar-refractivity contribution >= 4 is 5.71 Å². The smallest absolute Gasteiger partial charge is 0.0711 e. The van der Waals surface area contributed by atoms with Crippen molar-refractivity contribution in [2.45, 2.75) is 32.2 Å². The minimum absolute atomic E-state index is 0.369. The lowest BCUT2D eigenvalue weighted by molar-refractivity contribution is 0.226. The van der Waals surface area contributed by atoms with E-state index in [4.69, 9.17) is 5.21 Å². The van der Waals surface area contributed by atoms with E-state index < -0.39 is 0 Å². The zero-order chi connectivity index (χ0) is 8.27. The molecule has 0 aliphatic carbocycles. The topological polar surface area (TPSA) is 35.8 Å². The first kappa shape index (κ1) is 8.53. The molecule has 1 rings (SSSR count). The van der Waals surface area contributed by atoms with E-state index in [-0.39, 0.29) is 0 Å². The molecule has 0 amide bonds. The molecular formula is C8H16N2O. The van der Waals surface area contributed by atoms with Gasteiger partial charge in [0.25, 0.3) is 0 Å². The van der Waals surface area contributed by atoms with E-state index in [0.29, 0.717) is 6.04 Å². The quantitative estimate of drug-likeness (QED) is 0.353. The molecule has 0 aromatic rings. The van der Waals surface area contributed by atoms with Gasteiger partial charge in [0.15, 0.2) is 0 Å². The average Bonchev–Trinajstić information content (AvgIpc) is 2.04. The van der Waals surface area contributed by atoms with Crippen LogP contribution in [-0.2, 0) is 0 Å². The van der Waals surface area contributed by atoms with Crippen LogP contribution in [0.1, 0.15) is 26.2 Å². The Bertz CT molecular complexity index is 156. The summed E-state index contributed by atoms with van der Waals surface area (Å²) in [7, 11) is 2.08. The Morgan fingerprint density at radius 2 is 2.27 bits per heavy atom. The second-order valence-electron chi connectivity index (χ2n) is 3.23. The lowest BCUT2D eigenvalue weighted by Gasteiger charge is -2.31. The van der Waals surface area contributed by atoms with Gasteiger partial charge in [-0.2, -0.15) is 0 Å².